The number of nitrogen functional groups attached to an aromatic ring is 1. The van der Waals surface area contributed by atoms with E-state index in [1.807, 2.05) is 13.0 Å². The number of aliphatic hydroxyl groups is 2. The summed E-state index contributed by atoms with van der Waals surface area (Å²) >= 11 is 0.988. The third kappa shape index (κ3) is 4.01. The Bertz CT molecular complexity index is 423. The maximum absolute atomic E-state index is 10.8. The van der Waals surface area contributed by atoms with Crippen LogP contribution in [0, 0.1) is 0 Å². The zero-order chi connectivity index (χ0) is 13.7. The van der Waals surface area contributed by atoms with E-state index in [0.29, 0.717) is 11.3 Å². The van der Waals surface area contributed by atoms with Gasteiger partial charge in [0.05, 0.1) is 6.10 Å². The van der Waals surface area contributed by atoms with Gasteiger partial charge >= 0.3 is 0 Å². The van der Waals surface area contributed by atoms with Crippen molar-refractivity contribution >= 4 is 22.6 Å². The van der Waals surface area contributed by atoms with Crippen molar-refractivity contribution < 1.29 is 15.0 Å². The Balaban J connectivity index is 2.81. The van der Waals surface area contributed by atoms with Gasteiger partial charge in [0.25, 0.3) is 0 Å². The van der Waals surface area contributed by atoms with E-state index in [4.69, 9.17) is 5.73 Å². The number of carbonyl (C=O) groups excluding carboxylic acids is 1. The zero-order valence-electron chi connectivity index (χ0n) is 10.6. The molecular formula is C13H19NO3S. The highest BCUT2D eigenvalue weighted by atomic mass is 32.2. The summed E-state index contributed by atoms with van der Waals surface area (Å²) in [5, 5.41) is 19.8. The van der Waals surface area contributed by atoms with Crippen molar-refractivity contribution in [3.8, 4) is 0 Å². The van der Waals surface area contributed by atoms with Crippen molar-refractivity contribution in [3.63, 3.8) is 0 Å². The van der Waals surface area contributed by atoms with E-state index in [-0.39, 0.29) is 10.9 Å². The summed E-state index contributed by atoms with van der Waals surface area (Å²) in [6.45, 7) is 3.43. The van der Waals surface area contributed by atoms with Gasteiger partial charge in [-0.25, -0.2) is 0 Å². The van der Waals surface area contributed by atoms with Gasteiger partial charge in [-0.15, -0.1) is 0 Å². The second kappa shape index (κ2) is 6.78. The van der Waals surface area contributed by atoms with E-state index >= 15 is 0 Å². The summed E-state index contributed by atoms with van der Waals surface area (Å²) in [7, 11) is 0. The molecule has 0 spiro atoms. The molecule has 0 amide bonds. The molecule has 0 aliphatic carbocycles. The van der Waals surface area contributed by atoms with Crippen LogP contribution < -0.4 is 5.73 Å². The highest BCUT2D eigenvalue weighted by Gasteiger charge is 2.21. The molecule has 1 rings (SSSR count). The van der Waals surface area contributed by atoms with Crippen LogP contribution in [0.1, 0.15) is 31.1 Å². The predicted octanol–water partition coefficient (Wildman–Crippen LogP) is 1.51. The molecule has 0 fully saturated rings. The molecule has 0 aromatic heterocycles. The largest absolute Gasteiger partial charge is 0.398 e. The molecule has 0 aliphatic rings. The average molecular weight is 269 g/mol. The van der Waals surface area contributed by atoms with Gasteiger partial charge in [0, 0.05) is 23.9 Å². The highest BCUT2D eigenvalue weighted by molar-refractivity contribution is 8.13. The Kier molecular flexibility index (Phi) is 5.65. The van der Waals surface area contributed by atoms with Crippen molar-refractivity contribution in [2.75, 3.05) is 11.5 Å². The number of carbonyl (C=O) groups is 1. The summed E-state index contributed by atoms with van der Waals surface area (Å²) < 4.78 is 0. The summed E-state index contributed by atoms with van der Waals surface area (Å²) in [4.78, 5) is 10.8. The Hall–Kier alpha value is -1.04. The van der Waals surface area contributed by atoms with E-state index in [2.05, 4.69) is 0 Å². The van der Waals surface area contributed by atoms with Gasteiger partial charge in [0.2, 0.25) is 0 Å². The summed E-state index contributed by atoms with van der Waals surface area (Å²) in [6, 6.07) is 5.41. The Morgan fingerprint density at radius 2 is 2.11 bits per heavy atom. The van der Waals surface area contributed by atoms with E-state index < -0.39 is 12.2 Å². The third-order valence-electron chi connectivity index (χ3n) is 2.70. The average Bonchev–Trinajstić information content (AvgIpc) is 2.35. The number of rotatable bonds is 5. The predicted molar refractivity (Wildman–Crippen MR) is 74.3 cm³/mol. The normalized spacial score (nSPS) is 14.2. The van der Waals surface area contributed by atoms with Crippen LogP contribution in [0.4, 0.5) is 5.69 Å². The lowest BCUT2D eigenvalue weighted by Gasteiger charge is -2.19. The van der Waals surface area contributed by atoms with Crippen LogP contribution in [0.15, 0.2) is 18.2 Å². The minimum Gasteiger partial charge on any atom is -0.398 e. The second-order valence-electron chi connectivity index (χ2n) is 4.13. The SMILES string of the molecule is CCc1ccc(N)c(C(O)C(O)CSC(C)=O)c1. The Morgan fingerprint density at radius 1 is 1.44 bits per heavy atom. The molecule has 0 saturated heterocycles. The smallest absolute Gasteiger partial charge is 0.185 e. The minimum absolute atomic E-state index is 0.0865. The van der Waals surface area contributed by atoms with Crippen LogP contribution >= 0.6 is 11.8 Å². The highest BCUT2D eigenvalue weighted by Crippen LogP contribution is 2.26. The molecule has 1 aromatic rings. The van der Waals surface area contributed by atoms with Gasteiger partial charge in [-0.3, -0.25) is 4.79 Å². The van der Waals surface area contributed by atoms with Crippen molar-refractivity contribution in [1.29, 1.82) is 0 Å². The van der Waals surface area contributed by atoms with Gasteiger partial charge in [-0.2, -0.15) is 0 Å². The van der Waals surface area contributed by atoms with Crippen LogP contribution in [0.3, 0.4) is 0 Å². The van der Waals surface area contributed by atoms with Crippen LogP contribution in [0.2, 0.25) is 0 Å². The summed E-state index contributed by atoms with van der Waals surface area (Å²) in [5.41, 5.74) is 7.81. The minimum atomic E-state index is -1.07. The maximum Gasteiger partial charge on any atom is 0.185 e. The monoisotopic (exact) mass is 269 g/mol. The number of benzene rings is 1. The van der Waals surface area contributed by atoms with E-state index in [1.165, 1.54) is 6.92 Å². The van der Waals surface area contributed by atoms with Crippen molar-refractivity contribution in [2.45, 2.75) is 32.5 Å². The molecule has 0 heterocycles. The van der Waals surface area contributed by atoms with Crippen LogP contribution in [-0.2, 0) is 11.2 Å². The van der Waals surface area contributed by atoms with Crippen LogP contribution in [0.25, 0.3) is 0 Å². The Labute approximate surface area is 111 Å². The number of nitrogens with two attached hydrogens (primary N) is 1. The lowest BCUT2D eigenvalue weighted by Crippen LogP contribution is -2.22. The van der Waals surface area contributed by atoms with Crippen molar-refractivity contribution in [3.05, 3.63) is 29.3 Å². The standard InChI is InChI=1S/C13H19NO3S/c1-3-9-4-5-11(14)10(6-9)13(17)12(16)7-18-8(2)15/h4-6,12-13,16-17H,3,7,14H2,1-2H3. The topological polar surface area (TPSA) is 83.6 Å². The molecule has 4 nitrogen and oxygen atoms in total. The number of aryl methyl sites for hydroxylation is 1. The molecule has 4 N–H and O–H groups in total. The first-order valence-corrected chi connectivity index (χ1v) is 6.82. The molecule has 18 heavy (non-hydrogen) atoms. The van der Waals surface area contributed by atoms with Gasteiger partial charge in [0.1, 0.15) is 6.10 Å². The van der Waals surface area contributed by atoms with Crippen LogP contribution in [0.5, 0.6) is 0 Å². The Morgan fingerprint density at radius 3 is 2.67 bits per heavy atom. The van der Waals surface area contributed by atoms with Gasteiger partial charge < -0.3 is 15.9 Å². The molecule has 100 valence electrons. The first-order chi connectivity index (χ1) is 8.45. The number of hydrogen-bond donors (Lipinski definition) is 3. The maximum atomic E-state index is 10.8. The molecule has 5 heteroatoms. The number of anilines is 1. The quantitative estimate of drug-likeness (QED) is 0.706. The zero-order valence-corrected chi connectivity index (χ0v) is 11.4. The molecular weight excluding hydrogens is 250 g/mol. The van der Waals surface area contributed by atoms with Crippen molar-refractivity contribution in [2.24, 2.45) is 0 Å². The fraction of sp³-hybridized carbons (Fsp3) is 0.462. The summed E-state index contributed by atoms with van der Waals surface area (Å²) in [6.07, 6.45) is -1.24. The van der Waals surface area contributed by atoms with Gasteiger partial charge in [-0.1, -0.05) is 30.8 Å². The van der Waals surface area contributed by atoms with Gasteiger partial charge in [-0.05, 0) is 18.1 Å². The molecule has 2 atom stereocenters. The van der Waals surface area contributed by atoms with E-state index in [0.717, 1.165) is 23.7 Å². The number of aliphatic hydroxyl groups excluding tert-OH is 2. The molecule has 0 aliphatic heterocycles. The first-order valence-electron chi connectivity index (χ1n) is 5.83. The number of hydrogen-bond acceptors (Lipinski definition) is 5. The lowest BCUT2D eigenvalue weighted by atomic mass is 10.00. The van der Waals surface area contributed by atoms with E-state index in [9.17, 15) is 15.0 Å². The second-order valence-corrected chi connectivity index (χ2v) is 5.33. The fourth-order valence-corrected chi connectivity index (χ4v) is 2.19. The lowest BCUT2D eigenvalue weighted by molar-refractivity contribution is -0.109. The molecule has 2 unspecified atom stereocenters. The molecule has 1 aromatic carbocycles. The van der Waals surface area contributed by atoms with Gasteiger partial charge in [0.15, 0.2) is 5.12 Å². The van der Waals surface area contributed by atoms with E-state index in [1.54, 1.807) is 12.1 Å². The molecule has 0 bridgehead atoms. The van der Waals surface area contributed by atoms with Crippen molar-refractivity contribution in [1.82, 2.24) is 0 Å². The third-order valence-corrected chi connectivity index (χ3v) is 3.61. The number of thioether (sulfide) groups is 1. The summed E-state index contributed by atoms with van der Waals surface area (Å²) in [5.74, 6) is 0.159. The molecule has 0 saturated carbocycles. The first kappa shape index (κ1) is 15.0. The molecule has 0 radical (unpaired) electrons. The van der Waals surface area contributed by atoms with Crippen LogP contribution in [-0.4, -0.2) is 27.2 Å². The fourth-order valence-electron chi connectivity index (χ4n) is 1.60.